The van der Waals surface area contributed by atoms with Crippen LogP contribution in [0.5, 0.6) is 5.75 Å². The number of nitrogens with zero attached hydrogens (tertiary/aromatic N) is 1. The fraction of sp³-hybridized carbons (Fsp3) is 0.588. The lowest BCUT2D eigenvalue weighted by Gasteiger charge is -2.31. The maximum absolute atomic E-state index is 12.9. The van der Waals surface area contributed by atoms with Crippen LogP contribution in [0.25, 0.3) is 0 Å². The number of sulfonamides is 1. The fourth-order valence-electron chi connectivity index (χ4n) is 2.96. The van der Waals surface area contributed by atoms with Crippen LogP contribution in [0.1, 0.15) is 18.4 Å². The van der Waals surface area contributed by atoms with Crippen molar-refractivity contribution in [2.45, 2.75) is 24.7 Å². The number of carbonyl (C=O) groups is 1. The molecule has 1 aromatic carbocycles. The lowest BCUT2D eigenvalue weighted by Crippen LogP contribution is -2.45. The van der Waals surface area contributed by atoms with Gasteiger partial charge >= 0.3 is 0 Å². The largest absolute Gasteiger partial charge is 0.496 e. The van der Waals surface area contributed by atoms with Crippen molar-refractivity contribution >= 4 is 15.9 Å². The van der Waals surface area contributed by atoms with Crippen molar-refractivity contribution in [2.24, 2.45) is 5.92 Å². The number of piperidine rings is 1. The van der Waals surface area contributed by atoms with Crippen LogP contribution in [0.3, 0.4) is 0 Å². The maximum Gasteiger partial charge on any atom is 0.243 e. The van der Waals surface area contributed by atoms with Crippen molar-refractivity contribution < 1.29 is 22.7 Å². The Bertz CT molecular complexity index is 705. The number of nitrogens with one attached hydrogen (secondary N) is 1. The van der Waals surface area contributed by atoms with Gasteiger partial charge in [0.15, 0.2) is 0 Å². The Labute approximate surface area is 149 Å². The monoisotopic (exact) mass is 370 g/mol. The number of methoxy groups -OCH3 is 2. The lowest BCUT2D eigenvalue weighted by molar-refractivity contribution is -0.126. The fourth-order valence-corrected chi connectivity index (χ4v) is 4.57. The van der Waals surface area contributed by atoms with Gasteiger partial charge in [0, 0.05) is 26.7 Å². The summed E-state index contributed by atoms with van der Waals surface area (Å²) >= 11 is 0. The first kappa shape index (κ1) is 19.7. The molecule has 25 heavy (non-hydrogen) atoms. The van der Waals surface area contributed by atoms with Crippen LogP contribution in [0.2, 0.25) is 0 Å². The van der Waals surface area contributed by atoms with E-state index >= 15 is 0 Å². The molecule has 1 N–H and O–H groups in total. The highest BCUT2D eigenvalue weighted by Crippen LogP contribution is 2.27. The van der Waals surface area contributed by atoms with Crippen molar-refractivity contribution in [3.8, 4) is 5.75 Å². The van der Waals surface area contributed by atoms with Gasteiger partial charge in [-0.2, -0.15) is 4.31 Å². The lowest BCUT2D eigenvalue weighted by atomic mass is 9.99. The van der Waals surface area contributed by atoms with E-state index in [1.54, 1.807) is 39.3 Å². The molecule has 0 aliphatic carbocycles. The first-order valence-corrected chi connectivity index (χ1v) is 9.75. The molecule has 2 rings (SSSR count). The molecule has 1 saturated heterocycles. The third-order valence-corrected chi connectivity index (χ3v) is 6.23. The average Bonchev–Trinajstić information content (AvgIpc) is 2.61. The molecule has 0 spiro atoms. The Balaban J connectivity index is 2.11. The summed E-state index contributed by atoms with van der Waals surface area (Å²) in [6.07, 6.45) is 1.35. The van der Waals surface area contributed by atoms with Crippen LogP contribution in [0.4, 0.5) is 0 Å². The summed E-state index contributed by atoms with van der Waals surface area (Å²) < 4.78 is 37.3. The molecule has 8 heteroatoms. The summed E-state index contributed by atoms with van der Waals surface area (Å²) in [4.78, 5) is 12.4. The summed E-state index contributed by atoms with van der Waals surface area (Å²) in [6, 6.07) is 4.81. The van der Waals surface area contributed by atoms with E-state index in [2.05, 4.69) is 5.32 Å². The molecular weight excluding hydrogens is 344 g/mol. The van der Waals surface area contributed by atoms with E-state index in [0.29, 0.717) is 38.3 Å². The highest BCUT2D eigenvalue weighted by molar-refractivity contribution is 7.89. The second-order valence-corrected chi connectivity index (χ2v) is 8.06. The zero-order valence-corrected chi connectivity index (χ0v) is 15.8. The van der Waals surface area contributed by atoms with Gasteiger partial charge in [-0.25, -0.2) is 8.42 Å². The molecule has 0 bridgehead atoms. The van der Waals surface area contributed by atoms with Crippen LogP contribution in [0, 0.1) is 12.8 Å². The van der Waals surface area contributed by atoms with E-state index < -0.39 is 10.0 Å². The summed E-state index contributed by atoms with van der Waals surface area (Å²) in [5, 5.41) is 2.79. The van der Waals surface area contributed by atoms with Crippen molar-refractivity contribution in [1.82, 2.24) is 9.62 Å². The predicted molar refractivity (Wildman–Crippen MR) is 94.1 cm³/mol. The van der Waals surface area contributed by atoms with Crippen LogP contribution in [0.15, 0.2) is 23.1 Å². The summed E-state index contributed by atoms with van der Waals surface area (Å²) in [5.41, 5.74) is 0.759. The van der Waals surface area contributed by atoms with E-state index in [9.17, 15) is 13.2 Å². The molecule has 0 saturated carbocycles. The normalized spacial score (nSPS) is 18.8. The number of benzene rings is 1. The highest BCUT2D eigenvalue weighted by Gasteiger charge is 2.33. The van der Waals surface area contributed by atoms with Crippen molar-refractivity contribution in [1.29, 1.82) is 0 Å². The van der Waals surface area contributed by atoms with Crippen LogP contribution >= 0.6 is 0 Å². The molecule has 1 atom stereocenters. The van der Waals surface area contributed by atoms with Gasteiger partial charge in [-0.3, -0.25) is 4.79 Å². The number of ether oxygens (including phenoxy) is 2. The minimum absolute atomic E-state index is 0.122. The minimum Gasteiger partial charge on any atom is -0.496 e. The van der Waals surface area contributed by atoms with Crippen molar-refractivity contribution in [3.05, 3.63) is 23.8 Å². The molecule has 7 nitrogen and oxygen atoms in total. The standard InChI is InChI=1S/C17H26N2O5S/c1-13-11-15(6-7-16(13)24-3)25(21,22)19-9-4-5-14(12-19)17(20)18-8-10-23-2/h6-7,11,14H,4-5,8-10,12H2,1-3H3,(H,18,20). The second kappa shape index (κ2) is 8.64. The number of hydrogen-bond donors (Lipinski definition) is 1. The van der Waals surface area contributed by atoms with E-state index in [0.717, 1.165) is 5.56 Å². The van der Waals surface area contributed by atoms with Gasteiger partial charge in [-0.1, -0.05) is 0 Å². The van der Waals surface area contributed by atoms with Crippen LogP contribution < -0.4 is 10.1 Å². The van der Waals surface area contributed by atoms with Gasteiger partial charge in [0.2, 0.25) is 15.9 Å². The number of carbonyl (C=O) groups excluding carboxylic acids is 1. The molecule has 0 aromatic heterocycles. The molecule has 1 unspecified atom stereocenters. The minimum atomic E-state index is -3.63. The molecule has 140 valence electrons. The quantitative estimate of drug-likeness (QED) is 0.728. The Hall–Kier alpha value is -1.64. The summed E-state index contributed by atoms with van der Waals surface area (Å²) in [7, 11) is -0.511. The third kappa shape index (κ3) is 4.71. The van der Waals surface area contributed by atoms with Crippen molar-refractivity contribution in [3.63, 3.8) is 0 Å². The molecule has 0 radical (unpaired) electrons. The number of aryl methyl sites for hydroxylation is 1. The topological polar surface area (TPSA) is 84.9 Å². The Morgan fingerprint density at radius 2 is 2.12 bits per heavy atom. The number of hydrogen-bond acceptors (Lipinski definition) is 5. The van der Waals surface area contributed by atoms with E-state index in [1.807, 2.05) is 0 Å². The van der Waals surface area contributed by atoms with Gasteiger partial charge in [0.1, 0.15) is 5.75 Å². The molecular formula is C17H26N2O5S. The van der Waals surface area contributed by atoms with Gasteiger partial charge in [0.25, 0.3) is 0 Å². The van der Waals surface area contributed by atoms with Gasteiger partial charge in [0.05, 0.1) is 24.5 Å². The third-order valence-electron chi connectivity index (χ3n) is 4.36. The highest BCUT2D eigenvalue weighted by atomic mass is 32.2. The Kier molecular flexibility index (Phi) is 6.80. The Morgan fingerprint density at radius 3 is 2.76 bits per heavy atom. The zero-order valence-electron chi connectivity index (χ0n) is 14.9. The van der Waals surface area contributed by atoms with Crippen LogP contribution in [-0.2, 0) is 19.6 Å². The smallest absolute Gasteiger partial charge is 0.243 e. The van der Waals surface area contributed by atoms with Gasteiger partial charge in [-0.15, -0.1) is 0 Å². The Morgan fingerprint density at radius 1 is 1.36 bits per heavy atom. The number of amides is 1. The summed E-state index contributed by atoms with van der Waals surface area (Å²) in [6.45, 7) is 3.30. The zero-order chi connectivity index (χ0) is 18.4. The molecule has 1 heterocycles. The van der Waals surface area contributed by atoms with Crippen LogP contribution in [-0.4, -0.2) is 59.1 Å². The van der Waals surface area contributed by atoms with E-state index in [4.69, 9.17) is 9.47 Å². The van der Waals surface area contributed by atoms with E-state index in [1.165, 1.54) is 4.31 Å². The molecule has 1 aromatic rings. The molecule has 1 fully saturated rings. The summed E-state index contributed by atoms with van der Waals surface area (Å²) in [5.74, 6) is 0.190. The van der Waals surface area contributed by atoms with Crippen molar-refractivity contribution in [2.75, 3.05) is 40.5 Å². The SMILES string of the molecule is COCCNC(=O)C1CCCN(S(=O)(=O)c2ccc(OC)c(C)c2)C1. The predicted octanol–water partition coefficient (Wildman–Crippen LogP) is 1.17. The number of rotatable bonds is 7. The average molecular weight is 370 g/mol. The first-order chi connectivity index (χ1) is 11.9. The van der Waals surface area contributed by atoms with Gasteiger partial charge in [-0.05, 0) is 43.5 Å². The second-order valence-electron chi connectivity index (χ2n) is 6.12. The molecule has 1 aliphatic heterocycles. The van der Waals surface area contributed by atoms with E-state index in [-0.39, 0.29) is 23.3 Å². The molecule has 1 aliphatic rings. The van der Waals surface area contributed by atoms with Gasteiger partial charge < -0.3 is 14.8 Å². The first-order valence-electron chi connectivity index (χ1n) is 8.31. The molecule has 1 amide bonds. The maximum atomic E-state index is 12.9.